The number of aryl methyl sites for hydroxylation is 1. The minimum Gasteiger partial charge on any atom is -0.392 e. The Bertz CT molecular complexity index is 496. The van der Waals surface area contributed by atoms with E-state index in [1.54, 1.807) is 18.1 Å². The first-order chi connectivity index (χ1) is 7.83. The van der Waals surface area contributed by atoms with Gasteiger partial charge in [-0.3, -0.25) is 4.68 Å². The third-order valence-electron chi connectivity index (χ3n) is 2.17. The quantitative estimate of drug-likeness (QED) is 0.643. The van der Waals surface area contributed by atoms with E-state index in [1.165, 1.54) is 6.92 Å². The summed E-state index contributed by atoms with van der Waals surface area (Å²) in [5.74, 6) is 0.582. The molecule has 1 aromatic heterocycles. The smallest absolute Gasteiger partial charge is 0.220 e. The van der Waals surface area contributed by atoms with Crippen LogP contribution in [0.15, 0.2) is 6.33 Å². The zero-order valence-corrected chi connectivity index (χ0v) is 11.3. The van der Waals surface area contributed by atoms with E-state index < -0.39 is 15.3 Å². The van der Waals surface area contributed by atoms with Crippen LogP contribution in [0.2, 0.25) is 0 Å². The maximum Gasteiger partial charge on any atom is 0.220 e. The summed E-state index contributed by atoms with van der Waals surface area (Å²) in [7, 11) is -1.76. The fourth-order valence-electron chi connectivity index (χ4n) is 1.08. The van der Waals surface area contributed by atoms with Crippen LogP contribution in [0.4, 0.5) is 0 Å². The summed E-state index contributed by atoms with van der Waals surface area (Å²) in [6.45, 7) is 1.67. The molecule has 17 heavy (non-hydrogen) atoms. The first-order valence-electron chi connectivity index (χ1n) is 4.95. The lowest BCUT2D eigenvalue weighted by Gasteiger charge is -2.11. The van der Waals surface area contributed by atoms with Crippen molar-refractivity contribution in [2.24, 2.45) is 12.8 Å². The summed E-state index contributed by atoms with van der Waals surface area (Å²) in [5, 5.41) is 3.15. The van der Waals surface area contributed by atoms with Crippen molar-refractivity contribution in [3.63, 3.8) is 0 Å². The topological polar surface area (TPSA) is 103 Å². The van der Waals surface area contributed by atoms with E-state index in [2.05, 4.69) is 27.0 Å². The molecule has 0 bridgehead atoms. The van der Waals surface area contributed by atoms with Crippen molar-refractivity contribution in [1.82, 2.24) is 19.5 Å². The van der Waals surface area contributed by atoms with Crippen LogP contribution in [-0.2, 0) is 23.5 Å². The van der Waals surface area contributed by atoms with E-state index in [4.69, 9.17) is 5.73 Å². The Morgan fingerprint density at radius 1 is 1.71 bits per heavy atom. The van der Waals surface area contributed by atoms with Gasteiger partial charge in [-0.2, -0.15) is 5.10 Å². The van der Waals surface area contributed by atoms with Gasteiger partial charge in [0, 0.05) is 20.0 Å². The number of nitrogens with two attached hydrogens (primary N) is 1. The number of rotatable bonds is 6. The molecule has 0 aliphatic rings. The number of aromatic nitrogens is 3. The number of nitrogens with zero attached hydrogens (tertiary/aromatic N) is 3. The number of hydrogen-bond acceptors (Lipinski definition) is 5. The molecule has 1 aromatic rings. The molecule has 1 atom stereocenters. The Balaban J connectivity index is 2.48. The van der Waals surface area contributed by atoms with Crippen LogP contribution in [0.3, 0.4) is 0 Å². The van der Waals surface area contributed by atoms with Gasteiger partial charge in [0.05, 0.1) is 4.99 Å². The maximum atomic E-state index is 11.6. The zero-order chi connectivity index (χ0) is 13.1. The molecule has 0 saturated carbocycles. The first kappa shape index (κ1) is 14.0. The first-order valence-corrected chi connectivity index (χ1v) is 6.90. The standard InChI is InChI=1S/C8H15N5O2S2/c1-6(8(9)16)17(14,15)11-4-3-7-10-5-13(2)12-7/h5-6,11H,3-4H2,1-2H3,(H2,9,16). The van der Waals surface area contributed by atoms with Crippen molar-refractivity contribution >= 4 is 27.2 Å². The highest BCUT2D eigenvalue weighted by Crippen LogP contribution is 1.99. The number of sulfonamides is 1. The Kier molecular flexibility index (Phi) is 4.54. The van der Waals surface area contributed by atoms with Gasteiger partial charge in [0.25, 0.3) is 0 Å². The van der Waals surface area contributed by atoms with Gasteiger partial charge in [-0.1, -0.05) is 12.2 Å². The van der Waals surface area contributed by atoms with Crippen molar-refractivity contribution in [3.05, 3.63) is 12.2 Å². The highest BCUT2D eigenvalue weighted by molar-refractivity contribution is 7.93. The van der Waals surface area contributed by atoms with Gasteiger partial charge in [-0.05, 0) is 6.92 Å². The normalized spacial score (nSPS) is 13.5. The molecule has 7 nitrogen and oxygen atoms in total. The molecule has 1 heterocycles. The molecule has 1 rings (SSSR count). The largest absolute Gasteiger partial charge is 0.392 e. The molecule has 3 N–H and O–H groups in total. The van der Waals surface area contributed by atoms with Gasteiger partial charge >= 0.3 is 0 Å². The second kappa shape index (κ2) is 5.52. The van der Waals surface area contributed by atoms with E-state index in [0.29, 0.717) is 12.2 Å². The van der Waals surface area contributed by atoms with Crippen LogP contribution in [0.5, 0.6) is 0 Å². The summed E-state index contributed by atoms with van der Waals surface area (Å²) in [5.41, 5.74) is 5.29. The molecule has 0 saturated heterocycles. The fraction of sp³-hybridized carbons (Fsp3) is 0.625. The highest BCUT2D eigenvalue weighted by atomic mass is 32.2. The third-order valence-corrected chi connectivity index (χ3v) is 4.46. The Labute approximate surface area is 105 Å². The van der Waals surface area contributed by atoms with Crippen molar-refractivity contribution < 1.29 is 8.42 Å². The summed E-state index contributed by atoms with van der Waals surface area (Å²) >= 11 is 4.64. The summed E-state index contributed by atoms with van der Waals surface area (Å²) < 4.78 is 27.3. The highest BCUT2D eigenvalue weighted by Gasteiger charge is 2.22. The fourth-order valence-corrected chi connectivity index (χ4v) is 2.40. The summed E-state index contributed by atoms with van der Waals surface area (Å²) in [6.07, 6.45) is 1.98. The van der Waals surface area contributed by atoms with E-state index >= 15 is 0 Å². The second-order valence-corrected chi connectivity index (χ2v) is 6.13. The van der Waals surface area contributed by atoms with Crippen LogP contribution in [0.1, 0.15) is 12.7 Å². The minimum absolute atomic E-state index is 0.0477. The van der Waals surface area contributed by atoms with Crippen LogP contribution in [0, 0.1) is 0 Å². The Morgan fingerprint density at radius 3 is 2.82 bits per heavy atom. The predicted octanol–water partition coefficient (Wildman–Crippen LogP) is -1.05. The van der Waals surface area contributed by atoms with E-state index in [0.717, 1.165) is 0 Å². The molecule has 0 aromatic carbocycles. The molecule has 0 aliphatic heterocycles. The average molecular weight is 277 g/mol. The molecule has 0 amide bonds. The lowest BCUT2D eigenvalue weighted by molar-refractivity contribution is 0.577. The maximum absolute atomic E-state index is 11.6. The Morgan fingerprint density at radius 2 is 2.35 bits per heavy atom. The molecular weight excluding hydrogens is 262 g/mol. The van der Waals surface area contributed by atoms with E-state index in [-0.39, 0.29) is 11.5 Å². The molecule has 0 spiro atoms. The molecule has 0 radical (unpaired) electrons. The van der Waals surface area contributed by atoms with Crippen LogP contribution < -0.4 is 10.5 Å². The van der Waals surface area contributed by atoms with Crippen LogP contribution in [-0.4, -0.2) is 40.0 Å². The lowest BCUT2D eigenvalue weighted by Crippen LogP contribution is -2.40. The Hall–Kier alpha value is -1.06. The number of hydrogen-bond donors (Lipinski definition) is 2. The van der Waals surface area contributed by atoms with Gasteiger partial charge in [0.1, 0.15) is 11.6 Å². The van der Waals surface area contributed by atoms with Crippen molar-refractivity contribution in [2.75, 3.05) is 6.54 Å². The average Bonchev–Trinajstić information content (AvgIpc) is 2.62. The van der Waals surface area contributed by atoms with Gasteiger partial charge < -0.3 is 5.73 Å². The molecule has 1 unspecified atom stereocenters. The molecular formula is C8H15N5O2S2. The van der Waals surface area contributed by atoms with Gasteiger partial charge in [-0.25, -0.2) is 18.1 Å². The second-order valence-electron chi connectivity index (χ2n) is 3.57. The van der Waals surface area contributed by atoms with Gasteiger partial charge in [0.15, 0.2) is 5.82 Å². The number of nitrogens with one attached hydrogen (secondary N) is 1. The monoisotopic (exact) mass is 277 g/mol. The summed E-state index contributed by atoms with van der Waals surface area (Å²) in [6, 6.07) is 0. The van der Waals surface area contributed by atoms with Crippen molar-refractivity contribution in [3.8, 4) is 0 Å². The minimum atomic E-state index is -3.50. The van der Waals surface area contributed by atoms with E-state index in [1.807, 2.05) is 0 Å². The molecule has 96 valence electrons. The third kappa shape index (κ3) is 4.02. The van der Waals surface area contributed by atoms with Crippen LogP contribution in [0.25, 0.3) is 0 Å². The number of thiocarbonyl (C=S) groups is 1. The SMILES string of the molecule is CC(C(N)=S)S(=O)(=O)NCCc1ncn(C)n1. The van der Waals surface area contributed by atoms with E-state index in [9.17, 15) is 8.42 Å². The van der Waals surface area contributed by atoms with Crippen molar-refractivity contribution in [2.45, 2.75) is 18.6 Å². The molecule has 9 heteroatoms. The molecule has 0 aliphatic carbocycles. The van der Waals surface area contributed by atoms with Gasteiger partial charge in [-0.15, -0.1) is 0 Å². The lowest BCUT2D eigenvalue weighted by atomic mass is 10.4. The predicted molar refractivity (Wildman–Crippen MR) is 67.9 cm³/mol. The zero-order valence-electron chi connectivity index (χ0n) is 9.62. The van der Waals surface area contributed by atoms with Gasteiger partial charge in [0.2, 0.25) is 10.0 Å². The summed E-state index contributed by atoms with van der Waals surface area (Å²) in [4.78, 5) is 3.93. The molecule has 0 fully saturated rings. The van der Waals surface area contributed by atoms with Crippen LogP contribution >= 0.6 is 12.2 Å². The van der Waals surface area contributed by atoms with Crippen molar-refractivity contribution in [1.29, 1.82) is 0 Å².